The second-order valence-electron chi connectivity index (χ2n) is 8.04. The van der Waals surface area contributed by atoms with Gasteiger partial charge in [-0.2, -0.15) is 0 Å². The predicted octanol–water partition coefficient (Wildman–Crippen LogP) is 2.37. The van der Waals surface area contributed by atoms with Gasteiger partial charge in [0.2, 0.25) is 5.91 Å². The van der Waals surface area contributed by atoms with Gasteiger partial charge in [-0.1, -0.05) is 17.7 Å². The summed E-state index contributed by atoms with van der Waals surface area (Å²) in [6.45, 7) is 4.93. The molecule has 1 atom stereocenters. The first-order chi connectivity index (χ1) is 15.5. The molecule has 2 aliphatic rings. The maximum Gasteiger partial charge on any atom is 0.311 e. The van der Waals surface area contributed by atoms with E-state index in [0.717, 1.165) is 30.0 Å². The monoisotopic (exact) mass is 437 g/mol. The highest BCUT2D eigenvalue weighted by molar-refractivity contribution is 6.00. The normalized spacial score (nSPS) is 18.5. The van der Waals surface area contributed by atoms with Gasteiger partial charge >= 0.3 is 5.97 Å². The number of anilines is 3. The minimum atomic E-state index is -0.579. The lowest BCUT2D eigenvalue weighted by atomic mass is 10.1. The molecule has 8 heteroatoms. The molecule has 2 aromatic carbocycles. The van der Waals surface area contributed by atoms with Crippen molar-refractivity contribution in [2.45, 2.75) is 13.3 Å². The van der Waals surface area contributed by atoms with Gasteiger partial charge in [0.25, 0.3) is 5.91 Å². The lowest BCUT2D eigenvalue weighted by molar-refractivity contribution is -0.151. The maximum absolute atomic E-state index is 12.4. The van der Waals surface area contributed by atoms with Gasteiger partial charge in [0.05, 0.1) is 19.1 Å². The van der Waals surface area contributed by atoms with Crippen LogP contribution in [0.1, 0.15) is 12.0 Å². The molecule has 2 saturated heterocycles. The van der Waals surface area contributed by atoms with Crippen LogP contribution in [0.3, 0.4) is 0 Å². The largest absolute Gasteiger partial charge is 0.455 e. The van der Waals surface area contributed by atoms with Crippen molar-refractivity contribution in [1.29, 1.82) is 0 Å². The Morgan fingerprint density at radius 3 is 2.38 bits per heavy atom. The third kappa shape index (κ3) is 5.26. The highest BCUT2D eigenvalue weighted by atomic mass is 16.5. The van der Waals surface area contributed by atoms with Crippen LogP contribution in [-0.2, 0) is 23.9 Å². The number of nitrogens with one attached hydrogen (secondary N) is 1. The summed E-state index contributed by atoms with van der Waals surface area (Å²) in [5, 5.41) is 2.73. The third-order valence-corrected chi connectivity index (χ3v) is 5.68. The number of carbonyl (C=O) groups is 3. The van der Waals surface area contributed by atoms with Gasteiger partial charge in [-0.05, 0) is 43.3 Å². The summed E-state index contributed by atoms with van der Waals surface area (Å²) in [6, 6.07) is 15.1. The smallest absolute Gasteiger partial charge is 0.311 e. The fraction of sp³-hybridized carbons (Fsp3) is 0.375. The molecule has 2 fully saturated rings. The van der Waals surface area contributed by atoms with Gasteiger partial charge in [0, 0.05) is 43.1 Å². The minimum absolute atomic E-state index is 0.0807. The van der Waals surface area contributed by atoms with Crippen LogP contribution in [0.4, 0.5) is 17.1 Å². The molecule has 0 radical (unpaired) electrons. The second kappa shape index (κ2) is 9.82. The zero-order valence-electron chi connectivity index (χ0n) is 18.1. The summed E-state index contributed by atoms with van der Waals surface area (Å²) in [7, 11) is 0. The molecular formula is C24H27N3O5. The van der Waals surface area contributed by atoms with E-state index in [-0.39, 0.29) is 25.5 Å². The van der Waals surface area contributed by atoms with E-state index in [1.54, 1.807) is 4.90 Å². The van der Waals surface area contributed by atoms with Gasteiger partial charge in [0.1, 0.15) is 0 Å². The van der Waals surface area contributed by atoms with E-state index < -0.39 is 17.8 Å². The molecule has 1 unspecified atom stereocenters. The standard InChI is InChI=1S/C24H27N3O5/c1-17-2-6-21(7-3-17)27-15-18(14-23(27)29)24(30)32-16-22(28)25-19-4-8-20(9-5-19)26-10-12-31-13-11-26/h2-9,18H,10-16H2,1H3,(H,25,28). The van der Waals surface area contributed by atoms with Gasteiger partial charge in [-0.15, -0.1) is 0 Å². The van der Waals surface area contributed by atoms with Crippen LogP contribution in [0.25, 0.3) is 0 Å². The fourth-order valence-corrected chi connectivity index (χ4v) is 3.87. The zero-order valence-corrected chi connectivity index (χ0v) is 18.1. The first-order valence-corrected chi connectivity index (χ1v) is 10.8. The van der Waals surface area contributed by atoms with E-state index in [9.17, 15) is 14.4 Å². The molecule has 0 saturated carbocycles. The van der Waals surface area contributed by atoms with Crippen molar-refractivity contribution in [1.82, 2.24) is 0 Å². The molecule has 0 bridgehead atoms. The highest BCUT2D eigenvalue weighted by Gasteiger charge is 2.36. The quantitative estimate of drug-likeness (QED) is 0.698. The van der Waals surface area contributed by atoms with E-state index in [0.29, 0.717) is 18.9 Å². The van der Waals surface area contributed by atoms with Crippen molar-refractivity contribution in [2.75, 3.05) is 54.6 Å². The average Bonchev–Trinajstić information content (AvgIpc) is 3.21. The molecule has 168 valence electrons. The number of aryl methyl sites for hydroxylation is 1. The molecular weight excluding hydrogens is 410 g/mol. The topological polar surface area (TPSA) is 88.2 Å². The average molecular weight is 437 g/mol. The number of benzene rings is 2. The molecule has 32 heavy (non-hydrogen) atoms. The number of hydrogen-bond acceptors (Lipinski definition) is 6. The first-order valence-electron chi connectivity index (χ1n) is 10.8. The summed E-state index contributed by atoms with van der Waals surface area (Å²) in [5.41, 5.74) is 3.55. The number of carbonyl (C=O) groups excluding carboxylic acids is 3. The van der Waals surface area contributed by atoms with E-state index in [1.165, 1.54) is 0 Å². The molecule has 1 N–H and O–H groups in total. The van der Waals surface area contributed by atoms with Gasteiger partial charge in [0.15, 0.2) is 6.61 Å². The van der Waals surface area contributed by atoms with Crippen molar-refractivity contribution in [3.05, 3.63) is 54.1 Å². The maximum atomic E-state index is 12.4. The Morgan fingerprint density at radius 1 is 1.03 bits per heavy atom. The number of nitrogens with zero attached hydrogens (tertiary/aromatic N) is 2. The van der Waals surface area contributed by atoms with Crippen molar-refractivity contribution in [3.8, 4) is 0 Å². The molecule has 2 heterocycles. The highest BCUT2D eigenvalue weighted by Crippen LogP contribution is 2.26. The molecule has 2 amide bonds. The number of rotatable bonds is 6. The lowest BCUT2D eigenvalue weighted by Gasteiger charge is -2.28. The van der Waals surface area contributed by atoms with Crippen LogP contribution in [0.15, 0.2) is 48.5 Å². The summed E-state index contributed by atoms with van der Waals surface area (Å²) in [4.78, 5) is 40.7. The van der Waals surface area contributed by atoms with Crippen molar-refractivity contribution in [2.24, 2.45) is 5.92 Å². The SMILES string of the molecule is Cc1ccc(N2CC(C(=O)OCC(=O)Nc3ccc(N4CCOCC4)cc3)CC2=O)cc1. The molecule has 0 aromatic heterocycles. The Morgan fingerprint density at radius 2 is 1.69 bits per heavy atom. The summed E-state index contributed by atoms with van der Waals surface area (Å²) >= 11 is 0. The Labute approximate surface area is 187 Å². The Hall–Kier alpha value is -3.39. The minimum Gasteiger partial charge on any atom is -0.455 e. The lowest BCUT2D eigenvalue weighted by Crippen LogP contribution is -2.36. The summed E-state index contributed by atoms with van der Waals surface area (Å²) in [6.07, 6.45) is 0.0807. The Kier molecular flexibility index (Phi) is 6.70. The van der Waals surface area contributed by atoms with Gasteiger partial charge in [-0.3, -0.25) is 14.4 Å². The number of ether oxygens (including phenoxy) is 2. The van der Waals surface area contributed by atoms with E-state index in [4.69, 9.17) is 9.47 Å². The molecule has 0 spiro atoms. The van der Waals surface area contributed by atoms with E-state index >= 15 is 0 Å². The predicted molar refractivity (Wildman–Crippen MR) is 121 cm³/mol. The van der Waals surface area contributed by atoms with Crippen LogP contribution in [-0.4, -0.2) is 57.2 Å². The van der Waals surface area contributed by atoms with Crippen LogP contribution in [0, 0.1) is 12.8 Å². The van der Waals surface area contributed by atoms with Crippen molar-refractivity contribution < 1.29 is 23.9 Å². The first kappa shape index (κ1) is 21.8. The Balaban J connectivity index is 1.24. The van der Waals surface area contributed by atoms with Gasteiger partial charge in [-0.25, -0.2) is 0 Å². The summed E-state index contributed by atoms with van der Waals surface area (Å²) < 4.78 is 10.5. The molecule has 4 rings (SSSR count). The van der Waals surface area contributed by atoms with E-state index in [2.05, 4.69) is 10.2 Å². The zero-order chi connectivity index (χ0) is 22.5. The van der Waals surface area contributed by atoms with Crippen molar-refractivity contribution >= 4 is 34.8 Å². The molecule has 0 aliphatic carbocycles. The summed E-state index contributed by atoms with van der Waals surface area (Å²) in [5.74, 6) is -1.66. The van der Waals surface area contributed by atoms with Crippen LogP contribution in [0.5, 0.6) is 0 Å². The number of morpholine rings is 1. The number of amides is 2. The molecule has 2 aliphatic heterocycles. The molecule has 8 nitrogen and oxygen atoms in total. The van der Waals surface area contributed by atoms with Crippen LogP contribution in [0.2, 0.25) is 0 Å². The van der Waals surface area contributed by atoms with Crippen LogP contribution < -0.4 is 15.1 Å². The number of hydrogen-bond donors (Lipinski definition) is 1. The van der Waals surface area contributed by atoms with E-state index in [1.807, 2.05) is 55.5 Å². The number of esters is 1. The Bertz CT molecular complexity index is 968. The van der Waals surface area contributed by atoms with Gasteiger partial charge < -0.3 is 24.6 Å². The molecule has 2 aromatic rings. The van der Waals surface area contributed by atoms with Crippen LogP contribution >= 0.6 is 0 Å². The second-order valence-corrected chi connectivity index (χ2v) is 8.04. The fourth-order valence-electron chi connectivity index (χ4n) is 3.87. The van der Waals surface area contributed by atoms with Crippen molar-refractivity contribution in [3.63, 3.8) is 0 Å². The third-order valence-electron chi connectivity index (χ3n) is 5.68.